The Labute approximate surface area is 157 Å². The summed E-state index contributed by atoms with van der Waals surface area (Å²) in [7, 11) is 0. The molecule has 0 bridgehead atoms. The molecule has 2 aliphatic heterocycles. The summed E-state index contributed by atoms with van der Waals surface area (Å²) in [4.78, 5) is 14.8. The lowest BCUT2D eigenvalue weighted by Gasteiger charge is -2.32. The third kappa shape index (κ3) is 3.75. The highest BCUT2D eigenvalue weighted by Gasteiger charge is 2.27. The number of carbonyl (C=O) groups excluding carboxylic acids is 1. The second-order valence-electron chi connectivity index (χ2n) is 7.71. The molecule has 1 aromatic carbocycles. The molecular formula is C19H24N4O4. The van der Waals surface area contributed by atoms with Crippen molar-refractivity contribution in [1.29, 1.82) is 0 Å². The van der Waals surface area contributed by atoms with Crippen LogP contribution in [0.3, 0.4) is 0 Å². The molecule has 0 aliphatic carbocycles. The van der Waals surface area contributed by atoms with Crippen LogP contribution in [0.25, 0.3) is 0 Å². The van der Waals surface area contributed by atoms with E-state index in [1.807, 2.05) is 4.90 Å². The molecule has 4 rings (SSSR count). The summed E-state index contributed by atoms with van der Waals surface area (Å²) in [5.74, 6) is 1.61. The maximum atomic E-state index is 12.9. The molecule has 1 fully saturated rings. The summed E-state index contributed by atoms with van der Waals surface area (Å²) < 4.78 is 12.4. The third-order valence-corrected chi connectivity index (χ3v) is 5.04. The second-order valence-corrected chi connectivity index (χ2v) is 7.71. The van der Waals surface area contributed by atoms with E-state index in [9.17, 15) is 9.90 Å². The highest BCUT2D eigenvalue weighted by Crippen LogP contribution is 2.33. The number of aliphatic hydroxyl groups is 1. The molecule has 0 spiro atoms. The molecule has 27 heavy (non-hydrogen) atoms. The molecule has 3 heterocycles. The van der Waals surface area contributed by atoms with E-state index in [2.05, 4.69) is 10.3 Å². The van der Waals surface area contributed by atoms with Crippen LogP contribution in [0.2, 0.25) is 0 Å². The van der Waals surface area contributed by atoms with Crippen molar-refractivity contribution in [2.75, 3.05) is 19.9 Å². The second kappa shape index (κ2) is 6.84. The van der Waals surface area contributed by atoms with Gasteiger partial charge in [-0.15, -0.1) is 5.10 Å². The average Bonchev–Trinajstić information content (AvgIpc) is 3.29. The number of carbonyl (C=O) groups is 1. The van der Waals surface area contributed by atoms with Gasteiger partial charge in [0, 0.05) is 25.2 Å². The van der Waals surface area contributed by atoms with Crippen LogP contribution in [0, 0.1) is 5.92 Å². The van der Waals surface area contributed by atoms with Crippen LogP contribution in [-0.4, -0.2) is 50.8 Å². The fraction of sp³-hybridized carbons (Fsp3) is 0.526. The molecule has 1 unspecified atom stereocenters. The molecule has 2 aliphatic rings. The lowest BCUT2D eigenvalue weighted by molar-refractivity contribution is 0.0659. The van der Waals surface area contributed by atoms with Crippen molar-refractivity contribution in [3.63, 3.8) is 0 Å². The van der Waals surface area contributed by atoms with Crippen molar-refractivity contribution >= 4 is 5.91 Å². The summed E-state index contributed by atoms with van der Waals surface area (Å²) in [6.07, 6.45) is 3.76. The highest BCUT2D eigenvalue weighted by molar-refractivity contribution is 5.95. The molecule has 0 saturated carbocycles. The number of amides is 1. The van der Waals surface area contributed by atoms with Crippen molar-refractivity contribution in [1.82, 2.24) is 19.9 Å². The Balaban J connectivity index is 1.42. The van der Waals surface area contributed by atoms with E-state index in [1.165, 1.54) is 0 Å². The Bertz CT molecular complexity index is 842. The van der Waals surface area contributed by atoms with Gasteiger partial charge < -0.3 is 19.5 Å². The van der Waals surface area contributed by atoms with E-state index >= 15 is 0 Å². The van der Waals surface area contributed by atoms with Gasteiger partial charge in [-0.05, 0) is 50.8 Å². The zero-order chi connectivity index (χ0) is 19.0. The molecule has 1 N–H and O–H groups in total. The van der Waals surface area contributed by atoms with Gasteiger partial charge in [-0.1, -0.05) is 5.21 Å². The third-order valence-electron chi connectivity index (χ3n) is 5.04. The van der Waals surface area contributed by atoms with Crippen LogP contribution in [0.15, 0.2) is 24.4 Å². The van der Waals surface area contributed by atoms with Crippen molar-refractivity contribution in [3.8, 4) is 11.5 Å². The largest absolute Gasteiger partial charge is 0.454 e. The Morgan fingerprint density at radius 2 is 2.15 bits per heavy atom. The first-order chi connectivity index (χ1) is 12.9. The molecule has 1 atom stereocenters. The SMILES string of the molecule is CC(C)(O)c1cn(CC2CCCN(C(=O)c3ccc4c(c3)OCO4)C2)nn1. The molecule has 8 heteroatoms. The predicted molar refractivity (Wildman–Crippen MR) is 96.5 cm³/mol. The number of likely N-dealkylation sites (tertiary alicyclic amines) is 1. The normalized spacial score (nSPS) is 19.4. The highest BCUT2D eigenvalue weighted by atomic mass is 16.7. The van der Waals surface area contributed by atoms with Crippen molar-refractivity contribution in [2.24, 2.45) is 5.92 Å². The Morgan fingerprint density at radius 3 is 2.93 bits per heavy atom. The predicted octanol–water partition coefficient (Wildman–Crippen LogP) is 1.79. The molecule has 1 amide bonds. The minimum atomic E-state index is -1.01. The number of fused-ring (bicyclic) bond motifs is 1. The summed E-state index contributed by atoms with van der Waals surface area (Å²) >= 11 is 0. The van der Waals surface area contributed by atoms with E-state index in [0.29, 0.717) is 41.8 Å². The van der Waals surface area contributed by atoms with E-state index < -0.39 is 5.60 Å². The molecule has 2 aromatic rings. The smallest absolute Gasteiger partial charge is 0.254 e. The van der Waals surface area contributed by atoms with Gasteiger partial charge in [-0.3, -0.25) is 9.48 Å². The fourth-order valence-corrected chi connectivity index (χ4v) is 3.54. The summed E-state index contributed by atoms with van der Waals surface area (Å²) in [5.41, 5.74) is 0.156. The summed E-state index contributed by atoms with van der Waals surface area (Å²) in [6, 6.07) is 5.32. The number of benzene rings is 1. The van der Waals surface area contributed by atoms with E-state index in [1.54, 1.807) is 42.9 Å². The standard InChI is InChI=1S/C19H24N4O4/c1-19(2,25)17-11-23(21-20-17)10-13-4-3-7-22(9-13)18(24)14-5-6-15-16(8-14)27-12-26-15/h5-6,8,11,13,25H,3-4,7,9-10,12H2,1-2H3. The van der Waals surface area contributed by atoms with Crippen LogP contribution >= 0.6 is 0 Å². The van der Waals surface area contributed by atoms with Gasteiger partial charge in [0.05, 0.1) is 6.20 Å². The van der Waals surface area contributed by atoms with Crippen molar-refractivity contribution in [2.45, 2.75) is 38.8 Å². The topological polar surface area (TPSA) is 89.7 Å². The fourth-order valence-electron chi connectivity index (χ4n) is 3.54. The Morgan fingerprint density at radius 1 is 1.33 bits per heavy atom. The lowest BCUT2D eigenvalue weighted by Crippen LogP contribution is -2.41. The van der Waals surface area contributed by atoms with E-state index in [4.69, 9.17) is 9.47 Å². The minimum Gasteiger partial charge on any atom is -0.454 e. The number of hydrogen-bond donors (Lipinski definition) is 1. The summed E-state index contributed by atoms with van der Waals surface area (Å²) in [6.45, 7) is 5.67. The number of aromatic nitrogens is 3. The van der Waals surface area contributed by atoms with Crippen LogP contribution < -0.4 is 9.47 Å². The van der Waals surface area contributed by atoms with E-state index in [0.717, 1.165) is 19.4 Å². The maximum Gasteiger partial charge on any atom is 0.254 e. The molecule has 8 nitrogen and oxygen atoms in total. The first-order valence-corrected chi connectivity index (χ1v) is 9.22. The molecular weight excluding hydrogens is 348 g/mol. The monoisotopic (exact) mass is 372 g/mol. The van der Waals surface area contributed by atoms with Gasteiger partial charge in [0.2, 0.25) is 6.79 Å². The van der Waals surface area contributed by atoms with E-state index in [-0.39, 0.29) is 12.7 Å². The number of ether oxygens (including phenoxy) is 2. The van der Waals surface area contributed by atoms with Crippen molar-refractivity contribution < 1.29 is 19.4 Å². The molecule has 1 saturated heterocycles. The molecule has 0 radical (unpaired) electrons. The molecule has 1 aromatic heterocycles. The number of hydrogen-bond acceptors (Lipinski definition) is 6. The molecule has 144 valence electrons. The quantitative estimate of drug-likeness (QED) is 0.880. The first kappa shape index (κ1) is 17.8. The van der Waals surface area contributed by atoms with Crippen LogP contribution in [0.4, 0.5) is 0 Å². The Kier molecular flexibility index (Phi) is 4.51. The number of nitrogens with zero attached hydrogens (tertiary/aromatic N) is 4. The maximum absolute atomic E-state index is 12.9. The average molecular weight is 372 g/mol. The van der Waals surface area contributed by atoms with Gasteiger partial charge >= 0.3 is 0 Å². The number of piperidine rings is 1. The van der Waals surface area contributed by atoms with Gasteiger partial charge in [-0.25, -0.2) is 0 Å². The van der Waals surface area contributed by atoms with Crippen LogP contribution in [0.5, 0.6) is 11.5 Å². The number of rotatable bonds is 4. The van der Waals surface area contributed by atoms with Gasteiger partial charge in [-0.2, -0.15) is 0 Å². The van der Waals surface area contributed by atoms with Gasteiger partial charge in [0.15, 0.2) is 11.5 Å². The summed E-state index contributed by atoms with van der Waals surface area (Å²) in [5, 5.41) is 18.2. The van der Waals surface area contributed by atoms with Crippen molar-refractivity contribution in [3.05, 3.63) is 35.7 Å². The first-order valence-electron chi connectivity index (χ1n) is 9.22. The van der Waals surface area contributed by atoms with Crippen LogP contribution in [-0.2, 0) is 12.1 Å². The van der Waals surface area contributed by atoms with Crippen LogP contribution in [0.1, 0.15) is 42.7 Å². The zero-order valence-corrected chi connectivity index (χ0v) is 15.6. The van der Waals surface area contributed by atoms with Gasteiger partial charge in [0.25, 0.3) is 5.91 Å². The Hall–Kier alpha value is -2.61. The minimum absolute atomic E-state index is 0.00812. The lowest BCUT2D eigenvalue weighted by atomic mass is 9.97. The zero-order valence-electron chi connectivity index (χ0n) is 15.6. The van der Waals surface area contributed by atoms with Gasteiger partial charge in [0.1, 0.15) is 11.3 Å².